The standard InChI is InChI=1S/C12H16N4O2/c1-8(2)3-5-13-10-4-6-14-11-7-9(12(17)18)15-16(10)11/h4,6-8,13H,3,5H2,1-2H3,(H,17,18). The molecular weight excluding hydrogens is 232 g/mol. The van der Waals surface area contributed by atoms with Gasteiger partial charge >= 0.3 is 5.97 Å². The van der Waals surface area contributed by atoms with Crippen LogP contribution in [-0.2, 0) is 0 Å². The normalized spacial score (nSPS) is 11.1. The van der Waals surface area contributed by atoms with Crippen molar-refractivity contribution in [3.63, 3.8) is 0 Å². The van der Waals surface area contributed by atoms with E-state index in [2.05, 4.69) is 29.2 Å². The average Bonchev–Trinajstić information content (AvgIpc) is 2.73. The second kappa shape index (κ2) is 5.03. The Labute approximate surface area is 105 Å². The van der Waals surface area contributed by atoms with Crippen LogP contribution in [0.5, 0.6) is 0 Å². The van der Waals surface area contributed by atoms with Gasteiger partial charge < -0.3 is 10.4 Å². The van der Waals surface area contributed by atoms with Crippen molar-refractivity contribution >= 4 is 17.4 Å². The molecule has 0 unspecified atom stereocenters. The summed E-state index contributed by atoms with van der Waals surface area (Å²) in [4.78, 5) is 14.9. The fourth-order valence-corrected chi connectivity index (χ4v) is 1.62. The van der Waals surface area contributed by atoms with Gasteiger partial charge in [-0.2, -0.15) is 9.61 Å². The molecule has 18 heavy (non-hydrogen) atoms. The second-order valence-corrected chi connectivity index (χ2v) is 4.54. The lowest BCUT2D eigenvalue weighted by Gasteiger charge is -2.09. The molecule has 0 aliphatic rings. The molecule has 0 amide bonds. The predicted molar refractivity (Wildman–Crippen MR) is 67.9 cm³/mol. The molecule has 2 N–H and O–H groups in total. The smallest absolute Gasteiger partial charge is 0.356 e. The van der Waals surface area contributed by atoms with Gasteiger partial charge in [0.2, 0.25) is 0 Å². The van der Waals surface area contributed by atoms with Gasteiger partial charge in [0.1, 0.15) is 5.82 Å². The summed E-state index contributed by atoms with van der Waals surface area (Å²) in [5.41, 5.74) is 0.530. The summed E-state index contributed by atoms with van der Waals surface area (Å²) >= 11 is 0. The molecule has 0 bridgehead atoms. The molecule has 0 spiro atoms. The molecule has 0 atom stereocenters. The van der Waals surface area contributed by atoms with Crippen LogP contribution < -0.4 is 5.32 Å². The summed E-state index contributed by atoms with van der Waals surface area (Å²) < 4.78 is 1.52. The minimum Gasteiger partial charge on any atom is -0.476 e. The highest BCUT2D eigenvalue weighted by Gasteiger charge is 2.11. The third kappa shape index (κ3) is 2.58. The zero-order chi connectivity index (χ0) is 13.1. The first-order chi connectivity index (χ1) is 8.58. The zero-order valence-corrected chi connectivity index (χ0v) is 10.4. The highest BCUT2D eigenvalue weighted by Crippen LogP contribution is 2.12. The average molecular weight is 248 g/mol. The Kier molecular flexibility index (Phi) is 3.45. The number of hydrogen-bond acceptors (Lipinski definition) is 4. The van der Waals surface area contributed by atoms with Crippen molar-refractivity contribution in [1.82, 2.24) is 14.6 Å². The molecule has 6 heteroatoms. The molecule has 6 nitrogen and oxygen atoms in total. The van der Waals surface area contributed by atoms with E-state index in [9.17, 15) is 4.79 Å². The van der Waals surface area contributed by atoms with Crippen LogP contribution in [-0.4, -0.2) is 32.2 Å². The number of anilines is 1. The summed E-state index contributed by atoms with van der Waals surface area (Å²) in [7, 11) is 0. The van der Waals surface area contributed by atoms with Gasteiger partial charge in [0.05, 0.1) is 0 Å². The number of rotatable bonds is 5. The second-order valence-electron chi connectivity index (χ2n) is 4.54. The van der Waals surface area contributed by atoms with E-state index in [4.69, 9.17) is 5.11 Å². The first-order valence-corrected chi connectivity index (χ1v) is 5.90. The van der Waals surface area contributed by atoms with E-state index in [1.165, 1.54) is 10.6 Å². The van der Waals surface area contributed by atoms with E-state index in [1.807, 2.05) is 0 Å². The number of nitrogens with zero attached hydrogens (tertiary/aromatic N) is 3. The van der Waals surface area contributed by atoms with Crippen LogP contribution in [0.1, 0.15) is 30.8 Å². The summed E-state index contributed by atoms with van der Waals surface area (Å²) in [6.07, 6.45) is 2.68. The van der Waals surface area contributed by atoms with E-state index < -0.39 is 5.97 Å². The molecule has 0 radical (unpaired) electrons. The maximum Gasteiger partial charge on any atom is 0.356 e. The zero-order valence-electron chi connectivity index (χ0n) is 10.4. The van der Waals surface area contributed by atoms with Gasteiger partial charge in [0.25, 0.3) is 0 Å². The lowest BCUT2D eigenvalue weighted by atomic mass is 10.1. The molecule has 2 rings (SSSR count). The van der Waals surface area contributed by atoms with Crippen LogP contribution in [0.15, 0.2) is 18.3 Å². The molecule has 0 aliphatic carbocycles. The van der Waals surface area contributed by atoms with E-state index in [-0.39, 0.29) is 5.69 Å². The summed E-state index contributed by atoms with van der Waals surface area (Å²) in [5, 5.41) is 16.1. The van der Waals surface area contributed by atoms with Crippen LogP contribution >= 0.6 is 0 Å². The third-order valence-electron chi connectivity index (χ3n) is 2.60. The van der Waals surface area contributed by atoms with Gasteiger partial charge in [-0.3, -0.25) is 0 Å². The quantitative estimate of drug-likeness (QED) is 0.844. The first-order valence-electron chi connectivity index (χ1n) is 5.90. The SMILES string of the molecule is CC(C)CCNc1ccnc2cc(C(=O)O)nn12. The van der Waals surface area contributed by atoms with Crippen LogP contribution in [0.2, 0.25) is 0 Å². The lowest BCUT2D eigenvalue weighted by molar-refractivity contribution is 0.0690. The number of aromatic carboxylic acids is 1. The molecule has 2 aromatic heterocycles. The van der Waals surface area contributed by atoms with E-state index in [0.717, 1.165) is 18.8 Å². The largest absolute Gasteiger partial charge is 0.476 e. The number of fused-ring (bicyclic) bond motifs is 1. The van der Waals surface area contributed by atoms with Crippen molar-refractivity contribution in [1.29, 1.82) is 0 Å². The van der Waals surface area contributed by atoms with Crippen molar-refractivity contribution in [2.24, 2.45) is 5.92 Å². The number of aromatic nitrogens is 3. The number of carbonyl (C=O) groups is 1. The number of carboxylic acids is 1. The Hall–Kier alpha value is -2.11. The number of nitrogens with one attached hydrogen (secondary N) is 1. The molecule has 0 aromatic carbocycles. The van der Waals surface area contributed by atoms with Gasteiger partial charge in [0, 0.05) is 18.8 Å². The number of carboxylic acid groups (broad SMARTS) is 1. The number of hydrogen-bond donors (Lipinski definition) is 2. The molecule has 0 saturated carbocycles. The van der Waals surface area contributed by atoms with Gasteiger partial charge in [0.15, 0.2) is 11.3 Å². The van der Waals surface area contributed by atoms with Gasteiger partial charge in [-0.05, 0) is 18.4 Å². The molecule has 2 aromatic rings. The van der Waals surface area contributed by atoms with Crippen LogP contribution in [0.3, 0.4) is 0 Å². The van der Waals surface area contributed by atoms with Crippen molar-refractivity contribution in [2.75, 3.05) is 11.9 Å². The van der Waals surface area contributed by atoms with Crippen molar-refractivity contribution in [2.45, 2.75) is 20.3 Å². The fraction of sp³-hybridized carbons (Fsp3) is 0.417. The molecular formula is C12H16N4O2. The van der Waals surface area contributed by atoms with Crippen molar-refractivity contribution in [3.8, 4) is 0 Å². The molecule has 0 fully saturated rings. The Bertz CT molecular complexity index is 562. The van der Waals surface area contributed by atoms with Gasteiger partial charge in [-0.25, -0.2) is 9.78 Å². The third-order valence-corrected chi connectivity index (χ3v) is 2.60. The van der Waals surface area contributed by atoms with Crippen LogP contribution in [0, 0.1) is 5.92 Å². The van der Waals surface area contributed by atoms with Crippen molar-refractivity contribution in [3.05, 3.63) is 24.0 Å². The minimum absolute atomic E-state index is 0.000564. The summed E-state index contributed by atoms with van der Waals surface area (Å²) in [6.45, 7) is 5.12. The minimum atomic E-state index is -1.05. The van der Waals surface area contributed by atoms with Gasteiger partial charge in [-0.15, -0.1) is 0 Å². The topological polar surface area (TPSA) is 79.5 Å². The predicted octanol–water partition coefficient (Wildman–Crippen LogP) is 1.89. The first kappa shape index (κ1) is 12.3. The van der Waals surface area contributed by atoms with E-state index in [0.29, 0.717) is 11.6 Å². The Morgan fingerprint density at radius 3 is 3.00 bits per heavy atom. The maximum absolute atomic E-state index is 10.9. The maximum atomic E-state index is 10.9. The fourth-order valence-electron chi connectivity index (χ4n) is 1.62. The molecule has 0 saturated heterocycles. The Morgan fingerprint density at radius 1 is 1.56 bits per heavy atom. The lowest BCUT2D eigenvalue weighted by Crippen LogP contribution is -2.09. The van der Waals surface area contributed by atoms with Crippen LogP contribution in [0.4, 0.5) is 5.82 Å². The Balaban J connectivity index is 2.24. The molecule has 2 heterocycles. The Morgan fingerprint density at radius 2 is 2.33 bits per heavy atom. The highest BCUT2D eigenvalue weighted by atomic mass is 16.4. The molecule has 0 aliphatic heterocycles. The van der Waals surface area contributed by atoms with E-state index in [1.54, 1.807) is 12.3 Å². The summed E-state index contributed by atoms with van der Waals surface area (Å²) in [5.74, 6) is 0.323. The molecule has 96 valence electrons. The summed E-state index contributed by atoms with van der Waals surface area (Å²) in [6, 6.07) is 3.24. The van der Waals surface area contributed by atoms with Crippen LogP contribution in [0.25, 0.3) is 5.65 Å². The highest BCUT2D eigenvalue weighted by molar-refractivity contribution is 5.86. The van der Waals surface area contributed by atoms with E-state index >= 15 is 0 Å². The van der Waals surface area contributed by atoms with Crippen molar-refractivity contribution < 1.29 is 9.90 Å². The monoisotopic (exact) mass is 248 g/mol. The van der Waals surface area contributed by atoms with Gasteiger partial charge in [-0.1, -0.05) is 13.8 Å².